The van der Waals surface area contributed by atoms with E-state index < -0.39 is 29.4 Å². The molecule has 0 aliphatic carbocycles. The molecule has 4 aromatic rings. The first-order chi connectivity index (χ1) is 16.6. The van der Waals surface area contributed by atoms with Crippen LogP contribution in [0.5, 0.6) is 0 Å². The van der Waals surface area contributed by atoms with Crippen LogP contribution >= 0.6 is 0 Å². The zero-order valence-corrected chi connectivity index (χ0v) is 18.2. The third-order valence-corrected chi connectivity index (χ3v) is 4.97. The number of aromatic nitrogens is 5. The minimum Gasteiger partial charge on any atom is -0.368 e. The van der Waals surface area contributed by atoms with Gasteiger partial charge in [0, 0.05) is 23.7 Å². The van der Waals surface area contributed by atoms with Gasteiger partial charge in [-0.2, -0.15) is 27.9 Å². The maximum atomic E-state index is 13.4. The van der Waals surface area contributed by atoms with Crippen LogP contribution in [0.1, 0.15) is 39.3 Å². The topological polar surface area (TPSA) is 147 Å². The molecule has 0 saturated carbocycles. The number of halogens is 3. The van der Waals surface area contributed by atoms with Gasteiger partial charge in [-0.25, -0.2) is 4.68 Å². The third kappa shape index (κ3) is 4.83. The molecule has 2 aromatic heterocycles. The molecule has 0 aliphatic rings. The summed E-state index contributed by atoms with van der Waals surface area (Å²) in [4.78, 5) is 28.6. The van der Waals surface area contributed by atoms with Crippen molar-refractivity contribution in [1.82, 2.24) is 24.5 Å². The lowest BCUT2D eigenvalue weighted by Gasteiger charge is -2.10. The molecule has 13 heteroatoms. The molecule has 0 saturated heterocycles. The molecule has 0 bridgehead atoms. The van der Waals surface area contributed by atoms with Gasteiger partial charge < -0.3 is 16.8 Å². The van der Waals surface area contributed by atoms with E-state index in [1.165, 1.54) is 28.9 Å². The van der Waals surface area contributed by atoms with Crippen LogP contribution in [-0.2, 0) is 12.6 Å². The number of carbonyl (C=O) groups is 2. The fraction of sp³-hybridized carbons (Fsp3) is 0.136. The second kappa shape index (κ2) is 8.93. The summed E-state index contributed by atoms with van der Waals surface area (Å²) in [7, 11) is 0. The van der Waals surface area contributed by atoms with Crippen LogP contribution in [0.4, 0.5) is 24.8 Å². The van der Waals surface area contributed by atoms with Crippen molar-refractivity contribution in [2.45, 2.75) is 19.5 Å². The highest BCUT2D eigenvalue weighted by molar-refractivity contribution is 6.03. The number of primary amides is 1. The summed E-state index contributed by atoms with van der Waals surface area (Å²) >= 11 is 0. The molecule has 5 N–H and O–H groups in total. The molecule has 4 rings (SSSR count). The zero-order valence-electron chi connectivity index (χ0n) is 18.2. The van der Waals surface area contributed by atoms with Gasteiger partial charge in [0.15, 0.2) is 11.5 Å². The summed E-state index contributed by atoms with van der Waals surface area (Å²) in [5, 5.41) is 10.3. The van der Waals surface area contributed by atoms with Crippen LogP contribution in [0.25, 0.3) is 11.4 Å². The van der Waals surface area contributed by atoms with Crippen molar-refractivity contribution in [2.24, 2.45) is 5.73 Å². The van der Waals surface area contributed by atoms with Gasteiger partial charge in [0.05, 0.1) is 11.4 Å². The van der Waals surface area contributed by atoms with E-state index in [2.05, 4.69) is 20.5 Å². The third-order valence-electron chi connectivity index (χ3n) is 4.97. The molecule has 0 unspecified atom stereocenters. The first kappa shape index (κ1) is 23.5. The van der Waals surface area contributed by atoms with Crippen molar-refractivity contribution in [3.8, 4) is 11.4 Å². The van der Waals surface area contributed by atoms with Crippen molar-refractivity contribution < 1.29 is 22.8 Å². The van der Waals surface area contributed by atoms with Crippen LogP contribution in [-0.4, -0.2) is 36.4 Å². The Morgan fingerprint density at radius 2 is 1.71 bits per heavy atom. The lowest BCUT2D eigenvalue weighted by molar-refractivity contribution is -0.141. The number of hydrogen-bond donors (Lipinski definition) is 3. The number of hydrogen-bond acceptors (Lipinski definition) is 6. The molecule has 2 heterocycles. The number of nitrogen functional groups attached to an aromatic ring is 1. The molecule has 10 nitrogen and oxygen atoms in total. The number of nitrogens with zero attached hydrogens (tertiary/aromatic N) is 5. The number of nitrogens with two attached hydrogens (primary N) is 2. The molecule has 2 aromatic carbocycles. The summed E-state index contributed by atoms with van der Waals surface area (Å²) in [5.74, 6) is -0.867. The normalized spacial score (nSPS) is 11.4. The number of amides is 2. The van der Waals surface area contributed by atoms with Crippen LogP contribution in [0, 0.1) is 0 Å². The van der Waals surface area contributed by atoms with Crippen molar-refractivity contribution in [3.05, 3.63) is 77.4 Å². The lowest BCUT2D eigenvalue weighted by Crippen LogP contribution is -2.18. The molecule has 0 fully saturated rings. The van der Waals surface area contributed by atoms with E-state index in [0.717, 1.165) is 4.68 Å². The quantitative estimate of drug-likeness (QED) is 0.383. The van der Waals surface area contributed by atoms with Crippen LogP contribution < -0.4 is 16.8 Å². The number of aryl methyl sites for hydroxylation is 1. The number of alkyl halides is 3. The van der Waals surface area contributed by atoms with E-state index in [4.69, 9.17) is 11.5 Å². The van der Waals surface area contributed by atoms with E-state index in [0.29, 0.717) is 29.7 Å². The Morgan fingerprint density at radius 3 is 2.31 bits per heavy atom. The van der Waals surface area contributed by atoms with Crippen LogP contribution in [0.2, 0.25) is 0 Å². The summed E-state index contributed by atoms with van der Waals surface area (Å²) in [6.07, 6.45) is -4.19. The van der Waals surface area contributed by atoms with Gasteiger partial charge in [0.2, 0.25) is 11.9 Å². The average molecular weight is 484 g/mol. The summed E-state index contributed by atoms with van der Waals surface area (Å²) < 4.78 is 42.3. The molecular formula is C22H19F3N8O2. The van der Waals surface area contributed by atoms with Crippen molar-refractivity contribution in [3.63, 3.8) is 0 Å². The van der Waals surface area contributed by atoms with Gasteiger partial charge in [-0.1, -0.05) is 13.0 Å². The second-order valence-electron chi connectivity index (χ2n) is 7.39. The number of carbonyl (C=O) groups excluding carboxylic acids is 2. The van der Waals surface area contributed by atoms with E-state index in [1.807, 2.05) is 6.92 Å². The minimum absolute atomic E-state index is 0.0483. The van der Waals surface area contributed by atoms with Gasteiger partial charge in [0.25, 0.3) is 5.91 Å². The molecule has 2 amide bonds. The predicted molar refractivity (Wildman–Crippen MR) is 120 cm³/mol. The monoisotopic (exact) mass is 484 g/mol. The van der Waals surface area contributed by atoms with Gasteiger partial charge >= 0.3 is 6.18 Å². The zero-order chi connectivity index (χ0) is 25.3. The average Bonchev–Trinajstić information content (AvgIpc) is 3.44. The van der Waals surface area contributed by atoms with Crippen molar-refractivity contribution >= 4 is 23.5 Å². The molecule has 0 aliphatic heterocycles. The summed E-state index contributed by atoms with van der Waals surface area (Å²) in [6.45, 7) is 1.89. The molecule has 35 heavy (non-hydrogen) atoms. The highest BCUT2D eigenvalue weighted by atomic mass is 19.4. The molecule has 0 atom stereocenters. The Labute approximate surface area is 196 Å². The van der Waals surface area contributed by atoms with Crippen LogP contribution in [0.3, 0.4) is 0 Å². The van der Waals surface area contributed by atoms with Crippen molar-refractivity contribution in [2.75, 3.05) is 11.1 Å². The van der Waals surface area contributed by atoms with E-state index >= 15 is 0 Å². The van der Waals surface area contributed by atoms with E-state index in [1.54, 1.807) is 24.3 Å². The largest absolute Gasteiger partial charge is 0.435 e. The first-order valence-corrected chi connectivity index (χ1v) is 10.3. The second-order valence-corrected chi connectivity index (χ2v) is 7.39. The van der Waals surface area contributed by atoms with Gasteiger partial charge in [-0.05, 0) is 42.5 Å². The summed E-state index contributed by atoms with van der Waals surface area (Å²) in [5.41, 5.74) is 10.5. The Bertz CT molecular complexity index is 1410. The maximum Gasteiger partial charge on any atom is 0.435 e. The Morgan fingerprint density at radius 1 is 1.00 bits per heavy atom. The first-order valence-electron chi connectivity index (χ1n) is 10.3. The maximum absolute atomic E-state index is 13.4. The fourth-order valence-corrected chi connectivity index (χ4v) is 3.26. The smallest absolute Gasteiger partial charge is 0.368 e. The molecule has 0 spiro atoms. The predicted octanol–water partition coefficient (Wildman–Crippen LogP) is 2.97. The Balaban J connectivity index is 1.65. The highest BCUT2D eigenvalue weighted by Crippen LogP contribution is 2.30. The minimum atomic E-state index is -4.79. The summed E-state index contributed by atoms with van der Waals surface area (Å²) in [6, 6.07) is 12.4. The number of rotatable bonds is 6. The lowest BCUT2D eigenvalue weighted by atomic mass is 10.2. The molecule has 0 radical (unpaired) electrons. The standard InChI is InChI=1S/C22H19F3N8O2/c1-2-18-29-21(27)33(31-18)14-8-6-13(7-9-14)28-20(35)16-11-17(22(23,24)25)30-32(16)15-5-3-4-12(10-15)19(26)34/h3-11H,2H2,1H3,(H2,26,34)(H,28,35)(H2,27,29,31). The SMILES string of the molecule is CCc1nc(N)n(-c2ccc(NC(=O)c3cc(C(F)(F)F)nn3-c3cccc(C(N)=O)c3)cc2)n1. The van der Waals surface area contributed by atoms with Gasteiger partial charge in [0.1, 0.15) is 5.69 Å². The Hall–Kier alpha value is -4.68. The fourth-order valence-electron chi connectivity index (χ4n) is 3.26. The van der Waals surface area contributed by atoms with Gasteiger partial charge in [-0.3, -0.25) is 9.59 Å². The Kier molecular flexibility index (Phi) is 5.99. The van der Waals surface area contributed by atoms with Gasteiger partial charge in [-0.15, -0.1) is 5.10 Å². The highest BCUT2D eigenvalue weighted by Gasteiger charge is 2.36. The molecular weight excluding hydrogens is 465 g/mol. The van der Waals surface area contributed by atoms with E-state index in [-0.39, 0.29) is 17.2 Å². The van der Waals surface area contributed by atoms with Crippen molar-refractivity contribution in [1.29, 1.82) is 0 Å². The molecule has 180 valence electrons. The van der Waals surface area contributed by atoms with E-state index in [9.17, 15) is 22.8 Å². The number of nitrogens with one attached hydrogen (secondary N) is 1. The number of benzene rings is 2. The van der Waals surface area contributed by atoms with Crippen LogP contribution in [0.15, 0.2) is 54.6 Å². The number of anilines is 2.